The highest BCUT2D eigenvalue weighted by Gasteiger charge is 2.32. The van der Waals surface area contributed by atoms with Crippen LogP contribution in [0.2, 0.25) is 0 Å². The lowest BCUT2D eigenvalue weighted by atomic mass is 10.1. The second-order valence-corrected chi connectivity index (χ2v) is 7.23. The molecule has 3 aromatic carbocycles. The van der Waals surface area contributed by atoms with Crippen molar-refractivity contribution in [2.24, 2.45) is 0 Å². The fourth-order valence-electron chi connectivity index (χ4n) is 3.67. The number of anilines is 3. The molecule has 1 aliphatic carbocycles. The summed E-state index contributed by atoms with van der Waals surface area (Å²) >= 11 is 0. The summed E-state index contributed by atoms with van der Waals surface area (Å²) in [5.74, 6) is -0.829. The van der Waals surface area contributed by atoms with Crippen LogP contribution in [0.3, 0.4) is 0 Å². The molecule has 0 bridgehead atoms. The number of allylic oxidation sites excluding steroid dienone is 1. The highest BCUT2D eigenvalue weighted by atomic mass is 19.1. The zero-order valence-corrected chi connectivity index (χ0v) is 16.6. The molecule has 0 spiro atoms. The highest BCUT2D eigenvalue weighted by Crippen LogP contribution is 2.36. The summed E-state index contributed by atoms with van der Waals surface area (Å²) in [5, 5.41) is 0. The van der Waals surface area contributed by atoms with E-state index in [1.807, 2.05) is 0 Å². The van der Waals surface area contributed by atoms with Crippen molar-refractivity contribution >= 4 is 34.9 Å². The molecule has 0 aliphatic heterocycles. The van der Waals surface area contributed by atoms with E-state index in [0.29, 0.717) is 34.1 Å². The average molecular weight is 427 g/mol. The number of fused-ring (bicyclic) bond motifs is 1. The summed E-state index contributed by atoms with van der Waals surface area (Å²) in [6, 6.07) is 21.5. The number of benzene rings is 3. The number of nitrogens with zero attached hydrogens (tertiary/aromatic N) is 1. The van der Waals surface area contributed by atoms with Gasteiger partial charge in [0.15, 0.2) is 11.6 Å². The summed E-state index contributed by atoms with van der Waals surface area (Å²) in [4.78, 5) is 27.0. The summed E-state index contributed by atoms with van der Waals surface area (Å²) in [6.07, 6.45) is 1.42. The van der Waals surface area contributed by atoms with Gasteiger partial charge in [0.25, 0.3) is 0 Å². The standard InChI is InChI=1S/C26H15F2NO3/c27-16-5-9-18(10-6-16)29(19-11-7-17(28)8-12-19)24-14-13-20(32-24)15-23-25(30)21-3-1-2-4-22(21)26(23)31/h1-15H. The summed E-state index contributed by atoms with van der Waals surface area (Å²) in [5.41, 5.74) is 1.95. The molecule has 0 amide bonds. The van der Waals surface area contributed by atoms with Crippen LogP contribution in [-0.4, -0.2) is 11.6 Å². The Hall–Kier alpha value is -4.32. The molecule has 1 aliphatic rings. The number of carbonyl (C=O) groups is 2. The average Bonchev–Trinajstić information content (AvgIpc) is 3.36. The van der Waals surface area contributed by atoms with Crippen molar-refractivity contribution in [3.63, 3.8) is 0 Å². The molecule has 0 unspecified atom stereocenters. The number of hydrogen-bond donors (Lipinski definition) is 0. The molecule has 156 valence electrons. The summed E-state index contributed by atoms with van der Waals surface area (Å²) in [6.45, 7) is 0. The topological polar surface area (TPSA) is 50.5 Å². The van der Waals surface area contributed by atoms with Crippen molar-refractivity contribution in [1.29, 1.82) is 0 Å². The predicted octanol–water partition coefficient (Wildman–Crippen LogP) is 6.49. The second-order valence-electron chi connectivity index (χ2n) is 7.23. The first-order valence-electron chi connectivity index (χ1n) is 9.82. The van der Waals surface area contributed by atoms with Crippen LogP contribution in [0.1, 0.15) is 26.5 Å². The number of furan rings is 1. The Labute approximate surface area is 182 Å². The fourth-order valence-corrected chi connectivity index (χ4v) is 3.67. The first-order chi connectivity index (χ1) is 15.5. The van der Waals surface area contributed by atoms with E-state index in [4.69, 9.17) is 4.42 Å². The normalized spacial score (nSPS) is 12.8. The first-order valence-corrected chi connectivity index (χ1v) is 9.82. The molecule has 1 aromatic heterocycles. The number of carbonyl (C=O) groups excluding carboxylic acids is 2. The van der Waals surface area contributed by atoms with E-state index in [2.05, 4.69) is 0 Å². The van der Waals surface area contributed by atoms with E-state index < -0.39 is 11.6 Å². The Kier molecular flexibility index (Phi) is 4.75. The number of ketones is 2. The lowest BCUT2D eigenvalue weighted by Gasteiger charge is -2.22. The maximum absolute atomic E-state index is 13.5. The Bertz CT molecular complexity index is 1290. The molecule has 0 N–H and O–H groups in total. The van der Waals surface area contributed by atoms with E-state index in [1.54, 1.807) is 65.6 Å². The Morgan fingerprint density at radius 1 is 0.656 bits per heavy atom. The van der Waals surface area contributed by atoms with E-state index >= 15 is 0 Å². The van der Waals surface area contributed by atoms with Crippen molar-refractivity contribution in [1.82, 2.24) is 0 Å². The van der Waals surface area contributed by atoms with Crippen LogP contribution in [-0.2, 0) is 0 Å². The van der Waals surface area contributed by atoms with E-state index in [-0.39, 0.29) is 17.1 Å². The molecule has 0 fully saturated rings. The van der Waals surface area contributed by atoms with Crippen LogP contribution in [0.4, 0.5) is 26.0 Å². The SMILES string of the molecule is O=C1C(=Cc2ccc(N(c3ccc(F)cc3)c3ccc(F)cc3)o2)C(=O)c2ccccc21. The van der Waals surface area contributed by atoms with Crippen LogP contribution in [0.15, 0.2) is 94.9 Å². The highest BCUT2D eigenvalue weighted by molar-refractivity contribution is 6.41. The minimum atomic E-state index is -0.393. The molecule has 4 aromatic rings. The summed E-state index contributed by atoms with van der Waals surface area (Å²) in [7, 11) is 0. The van der Waals surface area contributed by atoms with Gasteiger partial charge >= 0.3 is 0 Å². The van der Waals surface area contributed by atoms with E-state index in [0.717, 1.165) is 0 Å². The van der Waals surface area contributed by atoms with Gasteiger partial charge in [-0.15, -0.1) is 0 Å². The van der Waals surface area contributed by atoms with Crippen LogP contribution in [0.25, 0.3) is 6.08 Å². The van der Waals surface area contributed by atoms with Gasteiger partial charge in [0.1, 0.15) is 17.4 Å². The van der Waals surface area contributed by atoms with Gasteiger partial charge in [-0.2, -0.15) is 0 Å². The molecular weight excluding hydrogens is 412 g/mol. The Morgan fingerprint density at radius 3 is 1.66 bits per heavy atom. The Morgan fingerprint density at radius 2 is 1.16 bits per heavy atom. The lowest BCUT2D eigenvalue weighted by Crippen LogP contribution is -2.09. The van der Waals surface area contributed by atoms with Gasteiger partial charge in [0.05, 0.1) is 5.57 Å². The second kappa shape index (κ2) is 7.74. The lowest BCUT2D eigenvalue weighted by molar-refractivity contribution is 0.0990. The maximum atomic E-state index is 13.5. The van der Waals surface area contributed by atoms with Crippen molar-refractivity contribution in [3.8, 4) is 0 Å². The maximum Gasteiger partial charge on any atom is 0.205 e. The van der Waals surface area contributed by atoms with Crippen LogP contribution in [0, 0.1) is 11.6 Å². The first kappa shape index (κ1) is 19.6. The quantitative estimate of drug-likeness (QED) is 0.276. The van der Waals surface area contributed by atoms with Crippen LogP contribution in [0.5, 0.6) is 0 Å². The Balaban J connectivity index is 1.54. The minimum absolute atomic E-state index is 0.0298. The van der Waals surface area contributed by atoms with Gasteiger partial charge in [0.2, 0.25) is 5.88 Å². The molecule has 5 rings (SSSR count). The van der Waals surface area contributed by atoms with Crippen LogP contribution < -0.4 is 4.90 Å². The summed E-state index contributed by atoms with van der Waals surface area (Å²) < 4.78 is 32.9. The van der Waals surface area contributed by atoms with Gasteiger partial charge < -0.3 is 4.42 Å². The number of halogens is 2. The van der Waals surface area contributed by atoms with E-state index in [1.165, 1.54) is 30.3 Å². The third kappa shape index (κ3) is 3.41. The molecule has 6 heteroatoms. The number of rotatable bonds is 4. The molecule has 0 atom stereocenters. The largest absolute Gasteiger partial charge is 0.440 e. The smallest absolute Gasteiger partial charge is 0.205 e. The van der Waals surface area contributed by atoms with Crippen molar-refractivity contribution in [3.05, 3.63) is 119 Å². The van der Waals surface area contributed by atoms with Gasteiger partial charge in [-0.05, 0) is 60.7 Å². The van der Waals surface area contributed by atoms with Crippen molar-refractivity contribution in [2.45, 2.75) is 0 Å². The van der Waals surface area contributed by atoms with Crippen LogP contribution >= 0.6 is 0 Å². The third-order valence-corrected chi connectivity index (χ3v) is 5.19. The van der Waals surface area contributed by atoms with Crippen molar-refractivity contribution < 1.29 is 22.8 Å². The molecule has 0 radical (unpaired) electrons. The number of Topliss-reactive ketones (excluding diaryl/α,β-unsaturated/α-hetero) is 2. The molecule has 32 heavy (non-hydrogen) atoms. The van der Waals surface area contributed by atoms with Gasteiger partial charge in [-0.25, -0.2) is 8.78 Å². The predicted molar refractivity (Wildman–Crippen MR) is 116 cm³/mol. The molecule has 0 saturated carbocycles. The molecular formula is C26H15F2NO3. The fraction of sp³-hybridized carbons (Fsp3) is 0. The molecule has 1 heterocycles. The minimum Gasteiger partial charge on any atom is -0.440 e. The number of hydrogen-bond acceptors (Lipinski definition) is 4. The molecule has 0 saturated heterocycles. The third-order valence-electron chi connectivity index (χ3n) is 5.19. The van der Waals surface area contributed by atoms with Gasteiger partial charge in [0, 0.05) is 28.6 Å². The zero-order valence-electron chi connectivity index (χ0n) is 16.6. The monoisotopic (exact) mass is 427 g/mol. The molecule has 4 nitrogen and oxygen atoms in total. The van der Waals surface area contributed by atoms with Gasteiger partial charge in [-0.1, -0.05) is 24.3 Å². The van der Waals surface area contributed by atoms with Gasteiger partial charge in [-0.3, -0.25) is 14.5 Å². The zero-order chi connectivity index (χ0) is 22.2. The van der Waals surface area contributed by atoms with E-state index in [9.17, 15) is 18.4 Å². The van der Waals surface area contributed by atoms with Crippen molar-refractivity contribution in [2.75, 3.05) is 4.90 Å².